The first kappa shape index (κ1) is 17.2. The molecule has 0 spiro atoms. The minimum absolute atomic E-state index is 0.186. The maximum Gasteiger partial charge on any atom is 0.211 e. The Kier molecular flexibility index (Phi) is 10.2. The highest BCUT2D eigenvalue weighted by Gasteiger charge is 2.08. The van der Waals surface area contributed by atoms with E-state index in [1.165, 1.54) is 0 Å². The van der Waals surface area contributed by atoms with Crippen LogP contribution in [0.25, 0.3) is 0 Å². The van der Waals surface area contributed by atoms with E-state index in [2.05, 4.69) is 23.5 Å². The molecule has 6 heteroatoms. The molecule has 0 fully saturated rings. The molecule has 0 aliphatic heterocycles. The molecule has 0 saturated heterocycles. The van der Waals surface area contributed by atoms with Gasteiger partial charge in [0.1, 0.15) is 0 Å². The summed E-state index contributed by atoms with van der Waals surface area (Å²) in [5.74, 6) is 0.711. The third-order valence-corrected chi connectivity index (χ3v) is 4.40. The molecule has 0 unspecified atom stereocenters. The largest absolute Gasteiger partial charge is 0.304 e. The average Bonchev–Trinajstić information content (AvgIpc) is 2.29. The summed E-state index contributed by atoms with van der Waals surface area (Å²) >= 11 is 5.50. The quantitative estimate of drug-likeness (QED) is 0.464. The number of nitrogens with zero attached hydrogens (tertiary/aromatic N) is 1. The summed E-state index contributed by atoms with van der Waals surface area (Å²) in [5.41, 5.74) is 0. The number of nitrogens with one attached hydrogen (secondary N) is 1. The Morgan fingerprint density at radius 1 is 1.12 bits per heavy atom. The topological polar surface area (TPSA) is 49.4 Å². The molecular weight excluding hydrogens is 260 g/mol. The predicted octanol–water partition coefficient (Wildman–Crippen LogP) is 1.66. The van der Waals surface area contributed by atoms with E-state index in [0.29, 0.717) is 18.8 Å². The number of hydrogen-bond donors (Lipinski definition) is 1. The number of halogens is 1. The predicted molar refractivity (Wildman–Crippen MR) is 74.1 cm³/mol. The molecule has 0 aromatic carbocycles. The molecule has 0 saturated carbocycles. The van der Waals surface area contributed by atoms with Crippen molar-refractivity contribution in [3.8, 4) is 0 Å². The Labute approximate surface area is 111 Å². The van der Waals surface area contributed by atoms with Crippen molar-refractivity contribution in [1.82, 2.24) is 9.62 Å². The highest BCUT2D eigenvalue weighted by Crippen LogP contribution is 1.97. The first-order valence-electron chi connectivity index (χ1n) is 6.31. The zero-order valence-electron chi connectivity index (χ0n) is 10.9. The van der Waals surface area contributed by atoms with Crippen LogP contribution in [0, 0.1) is 0 Å². The number of rotatable bonds is 11. The summed E-state index contributed by atoms with van der Waals surface area (Å²) in [6.07, 6.45) is 2.24. The molecule has 104 valence electrons. The highest BCUT2D eigenvalue weighted by molar-refractivity contribution is 7.89. The van der Waals surface area contributed by atoms with E-state index in [0.717, 1.165) is 32.5 Å². The van der Waals surface area contributed by atoms with Crippen molar-refractivity contribution in [2.45, 2.75) is 33.1 Å². The van der Waals surface area contributed by atoms with Gasteiger partial charge in [-0.3, -0.25) is 0 Å². The van der Waals surface area contributed by atoms with Crippen LogP contribution in [-0.2, 0) is 10.0 Å². The van der Waals surface area contributed by atoms with Gasteiger partial charge in [-0.15, -0.1) is 11.6 Å². The van der Waals surface area contributed by atoms with Crippen LogP contribution in [0.4, 0.5) is 0 Å². The third kappa shape index (κ3) is 9.83. The van der Waals surface area contributed by atoms with E-state index in [-0.39, 0.29) is 5.75 Å². The molecule has 0 rings (SSSR count). The number of alkyl halides is 1. The Balaban J connectivity index is 3.65. The normalized spacial score (nSPS) is 12.2. The zero-order valence-corrected chi connectivity index (χ0v) is 12.5. The second-order valence-corrected chi connectivity index (χ2v) is 6.29. The third-order valence-electron chi connectivity index (χ3n) is 2.66. The minimum atomic E-state index is -3.09. The second kappa shape index (κ2) is 10.1. The molecule has 0 radical (unpaired) electrons. The smallest absolute Gasteiger partial charge is 0.211 e. The van der Waals surface area contributed by atoms with Gasteiger partial charge in [0.05, 0.1) is 5.75 Å². The van der Waals surface area contributed by atoms with E-state index in [1.807, 2.05) is 0 Å². The number of unbranched alkanes of at least 4 members (excludes halogenated alkanes) is 1. The lowest BCUT2D eigenvalue weighted by Crippen LogP contribution is -2.31. The van der Waals surface area contributed by atoms with Crippen LogP contribution < -0.4 is 4.72 Å². The van der Waals surface area contributed by atoms with Crippen LogP contribution in [0.2, 0.25) is 0 Å². The molecule has 0 amide bonds. The van der Waals surface area contributed by atoms with Gasteiger partial charge in [0, 0.05) is 12.4 Å². The summed E-state index contributed by atoms with van der Waals surface area (Å²) in [4.78, 5) is 2.28. The first-order valence-corrected chi connectivity index (χ1v) is 8.50. The first-order chi connectivity index (χ1) is 8.05. The lowest BCUT2D eigenvalue weighted by molar-refractivity contribution is 0.300. The monoisotopic (exact) mass is 284 g/mol. The molecule has 0 aromatic heterocycles. The van der Waals surface area contributed by atoms with Crippen LogP contribution >= 0.6 is 11.6 Å². The van der Waals surface area contributed by atoms with Crippen molar-refractivity contribution in [1.29, 1.82) is 0 Å². The van der Waals surface area contributed by atoms with Crippen LogP contribution in [0.5, 0.6) is 0 Å². The van der Waals surface area contributed by atoms with Gasteiger partial charge in [0.15, 0.2) is 0 Å². The van der Waals surface area contributed by atoms with Crippen LogP contribution in [-0.4, -0.2) is 51.1 Å². The van der Waals surface area contributed by atoms with Crippen molar-refractivity contribution >= 4 is 21.6 Å². The molecule has 0 heterocycles. The molecule has 0 bridgehead atoms. The van der Waals surface area contributed by atoms with Gasteiger partial charge in [-0.1, -0.05) is 13.8 Å². The number of sulfonamides is 1. The van der Waals surface area contributed by atoms with Crippen molar-refractivity contribution in [2.24, 2.45) is 0 Å². The van der Waals surface area contributed by atoms with Crippen molar-refractivity contribution in [2.75, 3.05) is 37.8 Å². The van der Waals surface area contributed by atoms with Gasteiger partial charge in [-0.25, -0.2) is 13.1 Å². The van der Waals surface area contributed by atoms with Crippen molar-refractivity contribution in [3.63, 3.8) is 0 Å². The van der Waals surface area contributed by atoms with Gasteiger partial charge < -0.3 is 4.90 Å². The van der Waals surface area contributed by atoms with Crippen molar-refractivity contribution < 1.29 is 8.42 Å². The molecular formula is C11H25ClN2O2S. The van der Waals surface area contributed by atoms with Gasteiger partial charge in [0.25, 0.3) is 0 Å². The van der Waals surface area contributed by atoms with E-state index in [9.17, 15) is 8.42 Å². The Hall–Kier alpha value is 0.160. The van der Waals surface area contributed by atoms with Gasteiger partial charge >= 0.3 is 0 Å². The molecule has 0 aromatic rings. The average molecular weight is 285 g/mol. The Bertz CT molecular complexity index is 267. The lowest BCUT2D eigenvalue weighted by atomic mass is 10.4. The Morgan fingerprint density at radius 3 is 2.29 bits per heavy atom. The zero-order chi connectivity index (χ0) is 13.1. The van der Waals surface area contributed by atoms with Crippen LogP contribution in [0.3, 0.4) is 0 Å². The van der Waals surface area contributed by atoms with Gasteiger partial charge in [-0.2, -0.15) is 0 Å². The standard InChI is InChI=1S/C11H25ClN2O2S/c1-3-14(4-2)10-7-9-13-17(15,16)11-6-5-8-12/h13H,3-11H2,1-2H3. The fraction of sp³-hybridized carbons (Fsp3) is 1.00. The second-order valence-electron chi connectivity index (χ2n) is 3.99. The maximum atomic E-state index is 11.5. The summed E-state index contributed by atoms with van der Waals surface area (Å²) in [5, 5.41) is 0. The molecule has 0 aliphatic carbocycles. The Morgan fingerprint density at radius 2 is 1.76 bits per heavy atom. The van der Waals surface area contributed by atoms with Crippen LogP contribution in [0.15, 0.2) is 0 Å². The maximum absolute atomic E-state index is 11.5. The fourth-order valence-corrected chi connectivity index (χ4v) is 2.90. The van der Waals surface area contributed by atoms with E-state index in [1.54, 1.807) is 0 Å². The highest BCUT2D eigenvalue weighted by atomic mass is 35.5. The van der Waals surface area contributed by atoms with Crippen molar-refractivity contribution in [3.05, 3.63) is 0 Å². The summed E-state index contributed by atoms with van der Waals surface area (Å²) in [7, 11) is -3.09. The van der Waals surface area contributed by atoms with E-state index in [4.69, 9.17) is 11.6 Å². The lowest BCUT2D eigenvalue weighted by Gasteiger charge is -2.17. The fourth-order valence-electron chi connectivity index (χ4n) is 1.53. The molecule has 0 aliphatic rings. The SMILES string of the molecule is CCN(CC)CCCNS(=O)(=O)CCCCCl. The number of hydrogen-bond acceptors (Lipinski definition) is 3. The molecule has 1 N–H and O–H groups in total. The summed E-state index contributed by atoms with van der Waals surface area (Å²) in [6.45, 7) is 7.72. The van der Waals surface area contributed by atoms with Crippen LogP contribution in [0.1, 0.15) is 33.1 Å². The van der Waals surface area contributed by atoms with Gasteiger partial charge in [0.2, 0.25) is 10.0 Å². The molecule has 4 nitrogen and oxygen atoms in total. The molecule has 0 atom stereocenters. The minimum Gasteiger partial charge on any atom is -0.304 e. The van der Waals surface area contributed by atoms with Gasteiger partial charge in [-0.05, 0) is 38.9 Å². The van der Waals surface area contributed by atoms with E-state index >= 15 is 0 Å². The van der Waals surface area contributed by atoms with E-state index < -0.39 is 10.0 Å². The summed E-state index contributed by atoms with van der Waals surface area (Å²) in [6, 6.07) is 0. The summed E-state index contributed by atoms with van der Waals surface area (Å²) < 4.78 is 25.7. The molecule has 17 heavy (non-hydrogen) atoms.